The van der Waals surface area contributed by atoms with Crippen LogP contribution in [-0.4, -0.2) is 41.6 Å². The average molecular weight is 320 g/mol. The van der Waals surface area contributed by atoms with Crippen LogP contribution in [0.2, 0.25) is 0 Å². The fourth-order valence-corrected chi connectivity index (χ4v) is 2.83. The first-order valence-corrected chi connectivity index (χ1v) is 8.50. The number of rotatable bonds is 2. The second-order valence-electron chi connectivity index (χ2n) is 7.14. The number of carbonyl (C=O) groups is 2. The number of amides is 2. The quantitative estimate of drug-likeness (QED) is 0.795. The van der Waals surface area contributed by atoms with Crippen LogP contribution in [-0.2, 0) is 9.53 Å². The minimum absolute atomic E-state index is 0.0177. The summed E-state index contributed by atoms with van der Waals surface area (Å²) in [6.45, 7) is 6.97. The second kappa shape index (κ2) is 7.66. The molecule has 2 amide bonds. The molecule has 2 aliphatic rings. The molecule has 1 atom stereocenters. The lowest BCUT2D eigenvalue weighted by Crippen LogP contribution is -2.44. The van der Waals surface area contributed by atoms with Crippen molar-refractivity contribution in [2.24, 2.45) is 0 Å². The van der Waals surface area contributed by atoms with Gasteiger partial charge < -0.3 is 15.0 Å². The van der Waals surface area contributed by atoms with Gasteiger partial charge in [-0.05, 0) is 46.5 Å². The van der Waals surface area contributed by atoms with Crippen LogP contribution in [0.4, 0.5) is 4.79 Å². The van der Waals surface area contributed by atoms with Crippen LogP contribution in [0.25, 0.3) is 0 Å². The van der Waals surface area contributed by atoms with E-state index in [-0.39, 0.29) is 18.0 Å². The molecule has 0 radical (unpaired) electrons. The summed E-state index contributed by atoms with van der Waals surface area (Å²) in [4.78, 5) is 26.3. The molecule has 0 saturated heterocycles. The van der Waals surface area contributed by atoms with E-state index in [2.05, 4.69) is 11.4 Å². The van der Waals surface area contributed by atoms with Gasteiger partial charge in [-0.1, -0.05) is 18.2 Å². The van der Waals surface area contributed by atoms with Crippen LogP contribution < -0.4 is 5.32 Å². The van der Waals surface area contributed by atoms with Gasteiger partial charge in [-0.15, -0.1) is 0 Å². The maximum absolute atomic E-state index is 12.6. The monoisotopic (exact) mass is 320 g/mol. The normalized spacial score (nSPS) is 24.1. The van der Waals surface area contributed by atoms with Crippen LogP contribution in [0, 0.1) is 0 Å². The zero-order valence-corrected chi connectivity index (χ0v) is 14.4. The minimum atomic E-state index is -0.519. The van der Waals surface area contributed by atoms with Gasteiger partial charge in [-0.25, -0.2) is 4.79 Å². The first kappa shape index (κ1) is 17.6. The highest BCUT2D eigenvalue weighted by Crippen LogP contribution is 2.22. The Morgan fingerprint density at radius 1 is 1.35 bits per heavy atom. The van der Waals surface area contributed by atoms with E-state index in [0.29, 0.717) is 19.5 Å². The SMILES string of the molecule is CC(C)(C)OC(=O)N1CCCC/C=C\[C@H]1CC1=CCCNC1=O. The van der Waals surface area contributed by atoms with Gasteiger partial charge in [0.25, 0.3) is 0 Å². The van der Waals surface area contributed by atoms with E-state index in [0.717, 1.165) is 31.3 Å². The summed E-state index contributed by atoms with van der Waals surface area (Å²) in [6, 6.07) is -0.125. The molecule has 2 aliphatic heterocycles. The number of carbonyl (C=O) groups excluding carboxylic acids is 2. The minimum Gasteiger partial charge on any atom is -0.444 e. The van der Waals surface area contributed by atoms with E-state index in [4.69, 9.17) is 4.74 Å². The van der Waals surface area contributed by atoms with E-state index < -0.39 is 5.60 Å². The van der Waals surface area contributed by atoms with Crippen molar-refractivity contribution < 1.29 is 14.3 Å². The first-order chi connectivity index (χ1) is 10.9. The van der Waals surface area contributed by atoms with E-state index in [1.807, 2.05) is 32.9 Å². The number of nitrogens with one attached hydrogen (secondary N) is 1. The molecule has 0 fully saturated rings. The third-order valence-corrected chi connectivity index (χ3v) is 3.95. The molecule has 5 nitrogen and oxygen atoms in total. The third-order valence-electron chi connectivity index (χ3n) is 3.95. The molecule has 0 bridgehead atoms. The van der Waals surface area contributed by atoms with Crippen molar-refractivity contribution in [2.75, 3.05) is 13.1 Å². The lowest BCUT2D eigenvalue weighted by molar-refractivity contribution is -0.118. The van der Waals surface area contributed by atoms with Crippen molar-refractivity contribution in [1.29, 1.82) is 0 Å². The topological polar surface area (TPSA) is 58.6 Å². The molecule has 0 aromatic rings. The average Bonchev–Trinajstić information content (AvgIpc) is 2.42. The Balaban J connectivity index is 2.15. The molecule has 128 valence electrons. The number of nitrogens with zero attached hydrogens (tertiary/aromatic N) is 1. The molecular weight excluding hydrogens is 292 g/mol. The number of hydrogen-bond acceptors (Lipinski definition) is 3. The maximum Gasteiger partial charge on any atom is 0.410 e. The Hall–Kier alpha value is -1.78. The van der Waals surface area contributed by atoms with Crippen molar-refractivity contribution in [3.63, 3.8) is 0 Å². The summed E-state index contributed by atoms with van der Waals surface area (Å²) in [5.74, 6) is -0.0177. The largest absolute Gasteiger partial charge is 0.444 e. The van der Waals surface area contributed by atoms with Crippen molar-refractivity contribution in [3.05, 3.63) is 23.8 Å². The standard InChI is InChI=1S/C18H28N2O3/c1-18(2,3)23-17(22)20-12-7-5-4-6-10-15(20)13-14-9-8-11-19-16(14)21/h6,9-10,15H,4-5,7-8,11-13H2,1-3H3,(H,19,21)/b10-6-/t15-/m0/s1. The summed E-state index contributed by atoms with van der Waals surface area (Å²) in [7, 11) is 0. The number of ether oxygens (including phenoxy) is 1. The highest BCUT2D eigenvalue weighted by atomic mass is 16.6. The Kier molecular flexibility index (Phi) is 5.85. The molecular formula is C18H28N2O3. The lowest BCUT2D eigenvalue weighted by Gasteiger charge is -2.33. The number of allylic oxidation sites excluding steroid dienone is 1. The van der Waals surface area contributed by atoms with Crippen LogP contribution in [0.3, 0.4) is 0 Å². The van der Waals surface area contributed by atoms with Crippen LogP contribution in [0.1, 0.15) is 52.9 Å². The van der Waals surface area contributed by atoms with Gasteiger partial charge in [0.2, 0.25) is 5.91 Å². The summed E-state index contributed by atoms with van der Waals surface area (Å²) < 4.78 is 5.55. The van der Waals surface area contributed by atoms with Crippen LogP contribution >= 0.6 is 0 Å². The molecule has 5 heteroatoms. The molecule has 0 unspecified atom stereocenters. The third kappa shape index (κ3) is 5.41. The Morgan fingerprint density at radius 3 is 2.83 bits per heavy atom. The maximum atomic E-state index is 12.6. The smallest absolute Gasteiger partial charge is 0.410 e. The zero-order valence-electron chi connectivity index (χ0n) is 14.4. The Bertz CT molecular complexity index is 503. The summed E-state index contributed by atoms with van der Waals surface area (Å²) >= 11 is 0. The second-order valence-corrected chi connectivity index (χ2v) is 7.14. The van der Waals surface area contributed by atoms with E-state index in [9.17, 15) is 9.59 Å². The molecule has 1 N–H and O–H groups in total. The van der Waals surface area contributed by atoms with Gasteiger partial charge in [0.1, 0.15) is 5.60 Å². The lowest BCUT2D eigenvalue weighted by atomic mass is 9.98. The van der Waals surface area contributed by atoms with Crippen molar-refractivity contribution in [1.82, 2.24) is 10.2 Å². The van der Waals surface area contributed by atoms with E-state index in [1.54, 1.807) is 4.90 Å². The van der Waals surface area contributed by atoms with E-state index in [1.165, 1.54) is 0 Å². The van der Waals surface area contributed by atoms with Gasteiger partial charge in [0.05, 0.1) is 6.04 Å². The molecule has 2 rings (SSSR count). The highest BCUT2D eigenvalue weighted by Gasteiger charge is 2.29. The molecule has 0 spiro atoms. The predicted octanol–water partition coefficient (Wildman–Crippen LogP) is 3.17. The van der Waals surface area contributed by atoms with Gasteiger partial charge in [-0.2, -0.15) is 0 Å². The van der Waals surface area contributed by atoms with Crippen molar-refractivity contribution in [3.8, 4) is 0 Å². The number of hydrogen-bond donors (Lipinski definition) is 1. The fraction of sp³-hybridized carbons (Fsp3) is 0.667. The molecule has 0 aromatic carbocycles. The Morgan fingerprint density at radius 2 is 2.13 bits per heavy atom. The van der Waals surface area contributed by atoms with Crippen molar-refractivity contribution >= 4 is 12.0 Å². The molecule has 0 aromatic heterocycles. The first-order valence-electron chi connectivity index (χ1n) is 8.50. The van der Waals surface area contributed by atoms with Crippen LogP contribution in [0.5, 0.6) is 0 Å². The van der Waals surface area contributed by atoms with Gasteiger partial charge in [-0.3, -0.25) is 4.79 Å². The molecule has 23 heavy (non-hydrogen) atoms. The van der Waals surface area contributed by atoms with Crippen LogP contribution in [0.15, 0.2) is 23.8 Å². The molecule has 2 heterocycles. The van der Waals surface area contributed by atoms with E-state index >= 15 is 0 Å². The van der Waals surface area contributed by atoms with Crippen molar-refractivity contribution in [2.45, 2.75) is 64.5 Å². The highest BCUT2D eigenvalue weighted by molar-refractivity contribution is 5.94. The van der Waals surface area contributed by atoms with Gasteiger partial charge in [0, 0.05) is 25.1 Å². The summed E-state index contributed by atoms with van der Waals surface area (Å²) in [5.41, 5.74) is 0.245. The predicted molar refractivity (Wildman–Crippen MR) is 90.0 cm³/mol. The Labute approximate surface area is 138 Å². The fourth-order valence-electron chi connectivity index (χ4n) is 2.83. The summed E-state index contributed by atoms with van der Waals surface area (Å²) in [5, 5.41) is 2.87. The molecule has 0 aliphatic carbocycles. The van der Waals surface area contributed by atoms with Gasteiger partial charge >= 0.3 is 6.09 Å². The van der Waals surface area contributed by atoms with Gasteiger partial charge in [0.15, 0.2) is 0 Å². The zero-order chi connectivity index (χ0) is 16.9. The summed E-state index contributed by atoms with van der Waals surface area (Å²) in [6.07, 6.45) is 10.3. The molecule has 0 saturated carbocycles.